The van der Waals surface area contributed by atoms with Crippen LogP contribution in [0.15, 0.2) is 41.3 Å². The summed E-state index contributed by atoms with van der Waals surface area (Å²) in [5, 5.41) is 4.15. The lowest BCUT2D eigenvalue weighted by Gasteiger charge is -2.20. The highest BCUT2D eigenvalue weighted by atomic mass is 16.4. The third-order valence-electron chi connectivity index (χ3n) is 4.25. The van der Waals surface area contributed by atoms with Gasteiger partial charge >= 0.3 is 0 Å². The zero-order valence-corrected chi connectivity index (χ0v) is 13.0. The van der Waals surface area contributed by atoms with Crippen LogP contribution in [0.2, 0.25) is 0 Å². The van der Waals surface area contributed by atoms with E-state index in [1.54, 1.807) is 12.7 Å². The first-order chi connectivity index (χ1) is 11.4. The van der Waals surface area contributed by atoms with E-state index in [4.69, 9.17) is 4.42 Å². The van der Waals surface area contributed by atoms with Crippen molar-refractivity contribution in [3.05, 3.63) is 36.9 Å². The van der Waals surface area contributed by atoms with Gasteiger partial charge in [0.15, 0.2) is 5.58 Å². The number of nitrogens with zero attached hydrogens (tertiary/aromatic N) is 6. The molecular formula is C16H20N6O. The Bertz CT molecular complexity index is 720. The van der Waals surface area contributed by atoms with Gasteiger partial charge < -0.3 is 9.32 Å². The molecule has 0 radical (unpaired) electrons. The summed E-state index contributed by atoms with van der Waals surface area (Å²) in [5.74, 6) is 0. The minimum atomic E-state index is 0.740. The summed E-state index contributed by atoms with van der Waals surface area (Å²) in [6, 6.07) is 8.66. The van der Waals surface area contributed by atoms with Crippen LogP contribution in [0.3, 0.4) is 0 Å². The molecule has 0 spiro atoms. The maximum absolute atomic E-state index is 5.89. The van der Waals surface area contributed by atoms with Gasteiger partial charge in [-0.15, -0.1) is 0 Å². The average Bonchev–Trinajstić information content (AvgIpc) is 3.18. The molecule has 3 aromatic rings. The molecule has 0 aliphatic carbocycles. The molecule has 1 aromatic carbocycles. The van der Waals surface area contributed by atoms with Crippen molar-refractivity contribution in [3.8, 4) is 0 Å². The fraction of sp³-hybridized carbons (Fsp3) is 0.438. The molecule has 7 heteroatoms. The molecule has 2 aromatic heterocycles. The number of oxazole rings is 1. The van der Waals surface area contributed by atoms with Crippen molar-refractivity contribution in [2.24, 2.45) is 0 Å². The number of fused-ring (bicyclic) bond motifs is 1. The third-order valence-corrected chi connectivity index (χ3v) is 4.25. The molecule has 0 saturated carbocycles. The maximum Gasteiger partial charge on any atom is 0.298 e. The highest BCUT2D eigenvalue weighted by Gasteiger charge is 2.19. The van der Waals surface area contributed by atoms with Crippen LogP contribution in [0.1, 0.15) is 6.42 Å². The summed E-state index contributed by atoms with van der Waals surface area (Å²) in [5.41, 5.74) is 1.78. The third kappa shape index (κ3) is 3.19. The largest absolute Gasteiger partial charge is 0.423 e. The Balaban J connectivity index is 1.38. The summed E-state index contributed by atoms with van der Waals surface area (Å²) in [7, 11) is 0. The molecule has 0 amide bonds. The van der Waals surface area contributed by atoms with Gasteiger partial charge in [-0.05, 0) is 25.1 Å². The van der Waals surface area contributed by atoms with Gasteiger partial charge in [0.1, 0.15) is 18.2 Å². The van der Waals surface area contributed by atoms with Gasteiger partial charge in [-0.2, -0.15) is 10.1 Å². The Morgan fingerprint density at radius 2 is 2.00 bits per heavy atom. The summed E-state index contributed by atoms with van der Waals surface area (Å²) in [6.45, 7) is 5.88. The Kier molecular flexibility index (Phi) is 3.94. The predicted octanol–water partition coefficient (Wildman–Crippen LogP) is 1.63. The number of benzene rings is 1. The van der Waals surface area contributed by atoms with Crippen LogP contribution in [0.4, 0.5) is 6.01 Å². The average molecular weight is 312 g/mol. The molecule has 23 heavy (non-hydrogen) atoms. The molecule has 4 rings (SSSR count). The lowest BCUT2D eigenvalue weighted by atomic mass is 10.3. The second kappa shape index (κ2) is 6.37. The number of anilines is 1. The first-order valence-corrected chi connectivity index (χ1v) is 8.04. The fourth-order valence-electron chi connectivity index (χ4n) is 2.97. The summed E-state index contributed by atoms with van der Waals surface area (Å²) < 4.78 is 7.77. The van der Waals surface area contributed by atoms with Crippen molar-refractivity contribution in [3.63, 3.8) is 0 Å². The quantitative estimate of drug-likeness (QED) is 0.730. The van der Waals surface area contributed by atoms with Gasteiger partial charge in [0.05, 0.1) is 6.54 Å². The van der Waals surface area contributed by atoms with Gasteiger partial charge in [-0.3, -0.25) is 9.58 Å². The first-order valence-electron chi connectivity index (χ1n) is 8.04. The summed E-state index contributed by atoms with van der Waals surface area (Å²) in [4.78, 5) is 13.3. The van der Waals surface area contributed by atoms with Gasteiger partial charge in [0.25, 0.3) is 6.01 Å². The highest BCUT2D eigenvalue weighted by Crippen LogP contribution is 2.22. The van der Waals surface area contributed by atoms with Crippen molar-refractivity contribution in [1.29, 1.82) is 0 Å². The number of hydrogen-bond acceptors (Lipinski definition) is 6. The first kappa shape index (κ1) is 14.2. The molecule has 1 aliphatic heterocycles. The lowest BCUT2D eigenvalue weighted by molar-refractivity contribution is 0.276. The molecule has 0 atom stereocenters. The van der Waals surface area contributed by atoms with E-state index in [1.807, 2.05) is 28.9 Å². The Morgan fingerprint density at radius 3 is 2.87 bits per heavy atom. The van der Waals surface area contributed by atoms with E-state index < -0.39 is 0 Å². The molecule has 0 unspecified atom stereocenters. The zero-order chi connectivity index (χ0) is 15.5. The molecular weight excluding hydrogens is 292 g/mol. The monoisotopic (exact) mass is 312 g/mol. The Labute approximate surface area is 134 Å². The van der Waals surface area contributed by atoms with Crippen LogP contribution in [-0.2, 0) is 6.54 Å². The molecule has 0 bridgehead atoms. The van der Waals surface area contributed by atoms with Gasteiger partial charge in [0, 0.05) is 26.2 Å². The van der Waals surface area contributed by atoms with Crippen molar-refractivity contribution in [2.75, 3.05) is 37.6 Å². The predicted molar refractivity (Wildman–Crippen MR) is 87.3 cm³/mol. The molecule has 3 heterocycles. The van der Waals surface area contributed by atoms with E-state index >= 15 is 0 Å². The van der Waals surface area contributed by atoms with Gasteiger partial charge in [-0.1, -0.05) is 12.1 Å². The molecule has 120 valence electrons. The lowest BCUT2D eigenvalue weighted by Crippen LogP contribution is -2.33. The standard InChI is InChI=1S/C16H20N6O/c1-2-5-15-14(4-1)19-16(23-15)21-7-3-6-20(8-10-21)9-11-22-13-17-12-18-22/h1-2,4-5,12-13H,3,6-11H2. The SMILES string of the molecule is c1ccc2oc(N3CCCN(CCn4cncn4)CC3)nc2c1. The number of rotatable bonds is 4. The number of hydrogen-bond donors (Lipinski definition) is 0. The summed E-state index contributed by atoms with van der Waals surface area (Å²) >= 11 is 0. The van der Waals surface area contributed by atoms with Crippen LogP contribution < -0.4 is 4.90 Å². The van der Waals surface area contributed by atoms with Gasteiger partial charge in [0.2, 0.25) is 0 Å². The Hall–Kier alpha value is -2.41. The molecule has 1 saturated heterocycles. The number of para-hydroxylation sites is 2. The van der Waals surface area contributed by atoms with Crippen LogP contribution in [0.5, 0.6) is 0 Å². The van der Waals surface area contributed by atoms with E-state index in [0.29, 0.717) is 0 Å². The van der Waals surface area contributed by atoms with Crippen molar-refractivity contribution >= 4 is 17.1 Å². The maximum atomic E-state index is 5.89. The normalized spacial score (nSPS) is 16.8. The van der Waals surface area contributed by atoms with Crippen molar-refractivity contribution in [1.82, 2.24) is 24.6 Å². The topological polar surface area (TPSA) is 63.2 Å². The van der Waals surface area contributed by atoms with Crippen LogP contribution >= 0.6 is 0 Å². The molecule has 1 fully saturated rings. The fourth-order valence-corrected chi connectivity index (χ4v) is 2.97. The smallest absolute Gasteiger partial charge is 0.298 e. The van der Waals surface area contributed by atoms with Crippen LogP contribution in [0, 0.1) is 0 Å². The van der Waals surface area contributed by atoms with Crippen molar-refractivity contribution < 1.29 is 4.42 Å². The second-order valence-electron chi connectivity index (χ2n) is 5.80. The Morgan fingerprint density at radius 1 is 1.04 bits per heavy atom. The highest BCUT2D eigenvalue weighted by molar-refractivity contribution is 5.74. The van der Waals surface area contributed by atoms with E-state index in [0.717, 1.165) is 62.8 Å². The molecule has 0 N–H and O–H groups in total. The second-order valence-corrected chi connectivity index (χ2v) is 5.80. The zero-order valence-electron chi connectivity index (χ0n) is 13.0. The van der Waals surface area contributed by atoms with Gasteiger partial charge in [-0.25, -0.2) is 4.98 Å². The minimum absolute atomic E-state index is 0.740. The van der Waals surface area contributed by atoms with E-state index in [2.05, 4.69) is 24.9 Å². The van der Waals surface area contributed by atoms with E-state index in [1.165, 1.54) is 0 Å². The van der Waals surface area contributed by atoms with Crippen LogP contribution in [0.25, 0.3) is 11.1 Å². The van der Waals surface area contributed by atoms with Crippen LogP contribution in [-0.4, -0.2) is 57.4 Å². The number of aromatic nitrogens is 4. The van der Waals surface area contributed by atoms with E-state index in [9.17, 15) is 0 Å². The minimum Gasteiger partial charge on any atom is -0.423 e. The molecule has 1 aliphatic rings. The summed E-state index contributed by atoms with van der Waals surface area (Å²) in [6.07, 6.45) is 4.45. The van der Waals surface area contributed by atoms with E-state index in [-0.39, 0.29) is 0 Å². The molecule has 7 nitrogen and oxygen atoms in total. The van der Waals surface area contributed by atoms with Crippen molar-refractivity contribution in [2.45, 2.75) is 13.0 Å².